The molecule has 0 bridgehead atoms. The van der Waals surface area contributed by atoms with Crippen molar-refractivity contribution in [3.05, 3.63) is 27.8 Å². The van der Waals surface area contributed by atoms with Gasteiger partial charge < -0.3 is 18.9 Å². The summed E-state index contributed by atoms with van der Waals surface area (Å²) in [4.78, 5) is 21.8. The fraction of sp³-hybridized carbons (Fsp3) is 0.471. The van der Waals surface area contributed by atoms with Crippen molar-refractivity contribution in [3.8, 4) is 17.2 Å². The number of hydrogen-bond acceptors (Lipinski definition) is 7. The Bertz CT molecular complexity index is 612. The number of hydrogen-bond donors (Lipinski definition) is 0. The normalized spacial score (nSPS) is 11.0. The molecule has 0 spiro atoms. The van der Waals surface area contributed by atoms with Gasteiger partial charge in [-0.1, -0.05) is 27.7 Å². The summed E-state index contributed by atoms with van der Waals surface area (Å²) < 4.78 is 20.2. The summed E-state index contributed by atoms with van der Waals surface area (Å²) in [5.41, 5.74) is 0.0633. The van der Waals surface area contributed by atoms with Gasteiger partial charge in [0.15, 0.2) is 5.75 Å². The Balaban J connectivity index is 0.00000134. The molecule has 1 aliphatic rings. The number of carbonyl (C=O) groups is 1. The SMILES string of the molecule is CC.CC.CCOC(=O)/C=C/c1cc([N+](=O)[O-])c2c(c1OC)OCO2. The second-order valence-electron chi connectivity index (χ2n) is 3.93. The lowest BCUT2D eigenvalue weighted by Crippen LogP contribution is -1.99. The van der Waals surface area contributed by atoms with E-state index >= 15 is 0 Å². The Morgan fingerprint density at radius 2 is 1.88 bits per heavy atom. The van der Waals surface area contributed by atoms with Crippen molar-refractivity contribution in [1.29, 1.82) is 0 Å². The molecular formula is C17H25NO7. The van der Waals surface area contributed by atoms with Gasteiger partial charge in [-0.05, 0) is 13.0 Å². The molecule has 8 nitrogen and oxygen atoms in total. The second-order valence-corrected chi connectivity index (χ2v) is 3.93. The molecule has 140 valence electrons. The summed E-state index contributed by atoms with van der Waals surface area (Å²) in [5.74, 6) is -0.131. The van der Waals surface area contributed by atoms with Gasteiger partial charge in [-0.15, -0.1) is 0 Å². The third-order valence-electron chi connectivity index (χ3n) is 2.69. The quantitative estimate of drug-likeness (QED) is 0.341. The van der Waals surface area contributed by atoms with Crippen molar-refractivity contribution in [3.63, 3.8) is 0 Å². The molecule has 0 aromatic heterocycles. The van der Waals surface area contributed by atoms with Gasteiger partial charge in [0, 0.05) is 17.7 Å². The molecule has 0 aliphatic carbocycles. The van der Waals surface area contributed by atoms with Gasteiger partial charge in [0.05, 0.1) is 18.6 Å². The lowest BCUT2D eigenvalue weighted by Gasteiger charge is -2.08. The van der Waals surface area contributed by atoms with Gasteiger partial charge in [0.1, 0.15) is 0 Å². The molecule has 0 amide bonds. The third kappa shape index (κ3) is 5.66. The lowest BCUT2D eigenvalue weighted by atomic mass is 10.1. The number of benzene rings is 1. The molecule has 0 saturated heterocycles. The minimum Gasteiger partial charge on any atom is -0.492 e. The Morgan fingerprint density at radius 3 is 2.40 bits per heavy atom. The maximum absolute atomic E-state index is 11.3. The van der Waals surface area contributed by atoms with Crippen LogP contribution < -0.4 is 14.2 Å². The molecule has 1 aromatic carbocycles. The van der Waals surface area contributed by atoms with E-state index < -0.39 is 10.9 Å². The Labute approximate surface area is 147 Å². The van der Waals surface area contributed by atoms with E-state index in [1.165, 1.54) is 19.3 Å². The van der Waals surface area contributed by atoms with Crippen molar-refractivity contribution >= 4 is 17.7 Å². The topological polar surface area (TPSA) is 97.1 Å². The number of fused-ring (bicyclic) bond motifs is 1. The maximum atomic E-state index is 11.3. The minimum atomic E-state index is -0.589. The smallest absolute Gasteiger partial charge is 0.330 e. The molecule has 0 unspecified atom stereocenters. The van der Waals surface area contributed by atoms with E-state index in [1.807, 2.05) is 27.7 Å². The zero-order valence-corrected chi connectivity index (χ0v) is 15.5. The first-order chi connectivity index (χ1) is 12.1. The van der Waals surface area contributed by atoms with E-state index in [4.69, 9.17) is 18.9 Å². The zero-order chi connectivity index (χ0) is 19.4. The molecule has 2 rings (SSSR count). The van der Waals surface area contributed by atoms with Gasteiger partial charge in [-0.25, -0.2) is 4.79 Å². The first kappa shape index (κ1) is 22.2. The second kappa shape index (κ2) is 11.7. The Morgan fingerprint density at radius 1 is 1.28 bits per heavy atom. The van der Waals surface area contributed by atoms with Crippen LogP contribution in [-0.2, 0) is 9.53 Å². The third-order valence-corrected chi connectivity index (χ3v) is 2.69. The summed E-state index contributed by atoms with van der Waals surface area (Å²) in [7, 11) is 1.39. The van der Waals surface area contributed by atoms with Gasteiger partial charge in [0.25, 0.3) is 0 Å². The van der Waals surface area contributed by atoms with Crippen LogP contribution in [0.3, 0.4) is 0 Å². The van der Waals surface area contributed by atoms with Crippen LogP contribution in [0.5, 0.6) is 17.2 Å². The molecule has 0 atom stereocenters. The molecular weight excluding hydrogens is 330 g/mol. The van der Waals surface area contributed by atoms with E-state index in [0.717, 1.165) is 6.08 Å². The van der Waals surface area contributed by atoms with Gasteiger partial charge >= 0.3 is 11.7 Å². The van der Waals surface area contributed by atoms with Crippen LogP contribution >= 0.6 is 0 Å². The van der Waals surface area contributed by atoms with E-state index in [1.54, 1.807) is 6.92 Å². The summed E-state index contributed by atoms with van der Waals surface area (Å²) in [6.45, 7) is 9.79. The number of esters is 1. The van der Waals surface area contributed by atoms with Gasteiger partial charge in [-0.2, -0.15) is 0 Å². The highest BCUT2D eigenvalue weighted by Gasteiger charge is 2.31. The molecule has 0 N–H and O–H groups in total. The fourth-order valence-electron chi connectivity index (χ4n) is 1.86. The first-order valence-corrected chi connectivity index (χ1v) is 8.08. The molecule has 0 radical (unpaired) electrons. The van der Waals surface area contributed by atoms with Gasteiger partial charge in [-0.3, -0.25) is 10.1 Å². The van der Waals surface area contributed by atoms with E-state index in [0.29, 0.717) is 5.56 Å². The van der Waals surface area contributed by atoms with E-state index in [2.05, 4.69) is 0 Å². The number of nitro benzene ring substituents is 1. The maximum Gasteiger partial charge on any atom is 0.330 e. The van der Waals surface area contributed by atoms with Crippen LogP contribution in [0.2, 0.25) is 0 Å². The highest BCUT2D eigenvalue weighted by atomic mass is 16.7. The molecule has 0 saturated carbocycles. The molecule has 1 heterocycles. The van der Waals surface area contributed by atoms with Crippen molar-refractivity contribution in [2.75, 3.05) is 20.5 Å². The molecule has 1 aromatic rings. The summed E-state index contributed by atoms with van der Waals surface area (Å²) in [6.07, 6.45) is 2.53. The Hall–Kier alpha value is -2.77. The van der Waals surface area contributed by atoms with Crippen LogP contribution in [0.15, 0.2) is 12.1 Å². The van der Waals surface area contributed by atoms with Crippen molar-refractivity contribution in [1.82, 2.24) is 0 Å². The molecule has 8 heteroatoms. The average molecular weight is 355 g/mol. The molecule has 0 fully saturated rings. The fourth-order valence-corrected chi connectivity index (χ4v) is 1.86. The summed E-state index contributed by atoms with van der Waals surface area (Å²) in [6, 6.07) is 1.25. The summed E-state index contributed by atoms with van der Waals surface area (Å²) in [5, 5.41) is 11.1. The van der Waals surface area contributed by atoms with Crippen LogP contribution in [0.1, 0.15) is 40.2 Å². The lowest BCUT2D eigenvalue weighted by molar-refractivity contribution is -0.385. The van der Waals surface area contributed by atoms with Crippen LogP contribution in [0, 0.1) is 10.1 Å². The highest BCUT2D eigenvalue weighted by Crippen LogP contribution is 2.49. The zero-order valence-electron chi connectivity index (χ0n) is 15.5. The van der Waals surface area contributed by atoms with Crippen molar-refractivity contribution < 1.29 is 28.7 Å². The summed E-state index contributed by atoms with van der Waals surface area (Å²) >= 11 is 0. The van der Waals surface area contributed by atoms with Crippen LogP contribution in [0.4, 0.5) is 5.69 Å². The number of nitrogens with zero attached hydrogens (tertiary/aromatic N) is 1. The van der Waals surface area contributed by atoms with Crippen molar-refractivity contribution in [2.24, 2.45) is 0 Å². The van der Waals surface area contributed by atoms with E-state index in [-0.39, 0.29) is 36.3 Å². The Kier molecular flexibility index (Phi) is 10.4. The molecule has 25 heavy (non-hydrogen) atoms. The number of carbonyl (C=O) groups excluding carboxylic acids is 1. The first-order valence-electron chi connectivity index (χ1n) is 8.08. The monoisotopic (exact) mass is 355 g/mol. The number of nitro groups is 1. The number of ether oxygens (including phenoxy) is 4. The predicted octanol–water partition coefficient (Wildman–Crippen LogP) is 3.96. The largest absolute Gasteiger partial charge is 0.492 e. The predicted molar refractivity (Wildman–Crippen MR) is 94.1 cm³/mol. The average Bonchev–Trinajstić information content (AvgIpc) is 3.11. The number of methoxy groups -OCH3 is 1. The minimum absolute atomic E-state index is 0.0186. The van der Waals surface area contributed by atoms with E-state index in [9.17, 15) is 14.9 Å². The van der Waals surface area contributed by atoms with Crippen LogP contribution in [0.25, 0.3) is 6.08 Å². The van der Waals surface area contributed by atoms with Crippen molar-refractivity contribution in [2.45, 2.75) is 34.6 Å². The molecule has 1 aliphatic heterocycles. The van der Waals surface area contributed by atoms with Crippen LogP contribution in [-0.4, -0.2) is 31.4 Å². The van der Waals surface area contributed by atoms with Gasteiger partial charge in [0.2, 0.25) is 18.3 Å². The standard InChI is InChI=1S/C13H13NO7.2C2H6/c1-3-19-10(15)5-4-8-6-9(14(16)17)12-13(11(8)18-2)21-7-20-12;2*1-2/h4-6H,3,7H2,1-2H3;2*1-2H3/b5-4+;;. The number of rotatable bonds is 5. The highest BCUT2D eigenvalue weighted by molar-refractivity contribution is 5.88.